The van der Waals surface area contributed by atoms with Gasteiger partial charge in [-0.2, -0.15) is 8.42 Å². The fourth-order valence-electron chi connectivity index (χ4n) is 1.99. The van der Waals surface area contributed by atoms with Crippen molar-refractivity contribution in [1.82, 2.24) is 5.32 Å². The highest BCUT2D eigenvalue weighted by Crippen LogP contribution is 2.37. The van der Waals surface area contributed by atoms with Crippen molar-refractivity contribution in [2.45, 2.75) is 18.6 Å². The summed E-state index contributed by atoms with van der Waals surface area (Å²) in [4.78, 5) is 11.7. The molecule has 0 aliphatic carbocycles. The third kappa shape index (κ3) is 1.94. The predicted octanol–water partition coefficient (Wildman–Crippen LogP) is 0.376. The van der Waals surface area contributed by atoms with Crippen molar-refractivity contribution in [3.63, 3.8) is 0 Å². The minimum Gasteiger partial charge on any atom is -0.347 e. The zero-order valence-corrected chi connectivity index (χ0v) is 10.3. The molecule has 1 amide bonds. The van der Waals surface area contributed by atoms with Crippen LogP contribution in [-0.2, 0) is 24.7 Å². The average Bonchev–Trinajstić information content (AvgIpc) is 2.26. The highest BCUT2D eigenvalue weighted by Gasteiger charge is 2.57. The van der Waals surface area contributed by atoms with Crippen molar-refractivity contribution in [2.75, 3.05) is 6.26 Å². The molecular formula is C11H13NO4S. The van der Waals surface area contributed by atoms with Gasteiger partial charge in [0, 0.05) is 0 Å². The lowest BCUT2D eigenvalue weighted by molar-refractivity contribution is -0.155. The Morgan fingerprint density at radius 3 is 2.29 bits per heavy atom. The van der Waals surface area contributed by atoms with Crippen molar-refractivity contribution >= 4 is 16.0 Å². The number of benzene rings is 1. The fraction of sp³-hybridized carbons (Fsp3) is 0.364. The highest BCUT2D eigenvalue weighted by molar-refractivity contribution is 7.86. The molecule has 6 heteroatoms. The largest absolute Gasteiger partial charge is 0.347 e. The van der Waals surface area contributed by atoms with E-state index in [1.165, 1.54) is 0 Å². The van der Waals surface area contributed by atoms with E-state index in [1.807, 2.05) is 0 Å². The molecule has 1 aromatic carbocycles. The van der Waals surface area contributed by atoms with Crippen molar-refractivity contribution < 1.29 is 17.4 Å². The molecule has 0 radical (unpaired) electrons. The number of carbonyl (C=O) groups excluding carboxylic acids is 1. The average molecular weight is 255 g/mol. The minimum absolute atomic E-state index is 0.382. The first-order valence-corrected chi connectivity index (χ1v) is 6.95. The summed E-state index contributed by atoms with van der Waals surface area (Å²) in [5.41, 5.74) is -0.879. The molecule has 0 saturated carbocycles. The number of carbonyl (C=O) groups is 1. The molecule has 92 valence electrons. The van der Waals surface area contributed by atoms with E-state index < -0.39 is 21.6 Å². The molecule has 0 spiro atoms. The maximum Gasteiger partial charge on any atom is 0.265 e. The lowest BCUT2D eigenvalue weighted by Gasteiger charge is -2.45. The van der Waals surface area contributed by atoms with Crippen molar-refractivity contribution in [2.24, 2.45) is 0 Å². The maximum atomic E-state index is 11.7. The van der Waals surface area contributed by atoms with Gasteiger partial charge in [-0.05, 0) is 12.5 Å². The van der Waals surface area contributed by atoms with Gasteiger partial charge >= 0.3 is 0 Å². The number of rotatable bonds is 3. The third-order valence-corrected chi connectivity index (χ3v) is 3.35. The van der Waals surface area contributed by atoms with E-state index in [-0.39, 0.29) is 6.04 Å². The Balaban J connectivity index is 2.50. The Labute approximate surface area is 99.9 Å². The van der Waals surface area contributed by atoms with Crippen LogP contribution in [0.5, 0.6) is 0 Å². The summed E-state index contributed by atoms with van der Waals surface area (Å²) in [6.45, 7) is 1.71. The molecule has 2 unspecified atom stereocenters. The van der Waals surface area contributed by atoms with Crippen LogP contribution >= 0.6 is 0 Å². The van der Waals surface area contributed by atoms with Gasteiger partial charge in [0.05, 0.1) is 12.3 Å². The first-order chi connectivity index (χ1) is 7.86. The van der Waals surface area contributed by atoms with E-state index in [0.29, 0.717) is 5.56 Å². The highest BCUT2D eigenvalue weighted by atomic mass is 32.2. The molecule has 1 saturated heterocycles. The van der Waals surface area contributed by atoms with E-state index in [1.54, 1.807) is 37.3 Å². The Bertz CT molecular complexity index is 540. The summed E-state index contributed by atoms with van der Waals surface area (Å²) >= 11 is 0. The number of hydrogen-bond acceptors (Lipinski definition) is 4. The Hall–Kier alpha value is -1.40. The van der Waals surface area contributed by atoms with Gasteiger partial charge in [0.1, 0.15) is 0 Å². The minimum atomic E-state index is -3.72. The van der Waals surface area contributed by atoms with E-state index in [0.717, 1.165) is 6.26 Å². The van der Waals surface area contributed by atoms with Crippen LogP contribution in [0.4, 0.5) is 0 Å². The van der Waals surface area contributed by atoms with Crippen molar-refractivity contribution in [3.8, 4) is 0 Å². The summed E-state index contributed by atoms with van der Waals surface area (Å²) in [6, 6.07) is 8.24. The van der Waals surface area contributed by atoms with Gasteiger partial charge in [0.2, 0.25) is 5.60 Å². The van der Waals surface area contributed by atoms with Gasteiger partial charge in [-0.15, -0.1) is 0 Å². The van der Waals surface area contributed by atoms with Crippen LogP contribution in [0.3, 0.4) is 0 Å². The smallest absolute Gasteiger partial charge is 0.265 e. The van der Waals surface area contributed by atoms with E-state index >= 15 is 0 Å². The molecular weight excluding hydrogens is 242 g/mol. The van der Waals surface area contributed by atoms with Crippen LogP contribution in [-0.4, -0.2) is 26.6 Å². The number of nitrogens with one attached hydrogen (secondary N) is 1. The summed E-state index contributed by atoms with van der Waals surface area (Å²) in [5, 5.41) is 2.59. The Morgan fingerprint density at radius 1 is 1.29 bits per heavy atom. The van der Waals surface area contributed by atoms with Gasteiger partial charge in [-0.3, -0.25) is 4.79 Å². The summed E-state index contributed by atoms with van der Waals surface area (Å²) in [6.07, 6.45) is 0.940. The number of amides is 1. The molecule has 17 heavy (non-hydrogen) atoms. The van der Waals surface area contributed by atoms with Crippen LogP contribution in [0.2, 0.25) is 0 Å². The summed E-state index contributed by atoms with van der Waals surface area (Å²) in [5.74, 6) is -0.429. The summed E-state index contributed by atoms with van der Waals surface area (Å²) in [7, 11) is -3.72. The van der Waals surface area contributed by atoms with Gasteiger partial charge in [-0.25, -0.2) is 4.18 Å². The van der Waals surface area contributed by atoms with Crippen LogP contribution in [0.25, 0.3) is 0 Å². The van der Waals surface area contributed by atoms with E-state index in [4.69, 9.17) is 4.18 Å². The fourth-order valence-corrected chi connectivity index (χ4v) is 2.78. The van der Waals surface area contributed by atoms with Crippen molar-refractivity contribution in [3.05, 3.63) is 35.9 Å². The monoisotopic (exact) mass is 255 g/mol. The molecule has 1 aliphatic heterocycles. The summed E-state index contributed by atoms with van der Waals surface area (Å²) < 4.78 is 27.6. The van der Waals surface area contributed by atoms with Crippen LogP contribution in [0.15, 0.2) is 30.3 Å². The second-order valence-corrected chi connectivity index (χ2v) is 5.66. The predicted molar refractivity (Wildman–Crippen MR) is 61.7 cm³/mol. The molecule has 1 fully saturated rings. The van der Waals surface area contributed by atoms with Gasteiger partial charge in [0.25, 0.3) is 16.0 Å². The van der Waals surface area contributed by atoms with Gasteiger partial charge < -0.3 is 5.32 Å². The molecule has 1 N–H and O–H groups in total. The molecule has 2 rings (SSSR count). The van der Waals surface area contributed by atoms with Crippen LogP contribution in [0.1, 0.15) is 12.5 Å². The third-order valence-electron chi connectivity index (χ3n) is 2.78. The SMILES string of the molecule is CC1NC(=O)C1(OS(C)(=O)=O)c1ccccc1. The zero-order chi connectivity index (χ0) is 12.7. The zero-order valence-electron chi connectivity index (χ0n) is 9.51. The lowest BCUT2D eigenvalue weighted by Crippen LogP contribution is -2.70. The first kappa shape index (κ1) is 12.1. The van der Waals surface area contributed by atoms with Crippen LogP contribution in [0, 0.1) is 0 Å². The number of hydrogen-bond donors (Lipinski definition) is 1. The van der Waals surface area contributed by atoms with Crippen molar-refractivity contribution in [1.29, 1.82) is 0 Å². The molecule has 2 atom stereocenters. The number of β-lactam (4-membered cyclic amide) rings is 1. The Morgan fingerprint density at radius 2 is 1.88 bits per heavy atom. The molecule has 5 nitrogen and oxygen atoms in total. The molecule has 1 aliphatic rings. The molecule has 1 aromatic rings. The Kier molecular flexibility index (Phi) is 2.71. The second kappa shape index (κ2) is 3.82. The maximum absolute atomic E-state index is 11.7. The quantitative estimate of drug-likeness (QED) is 0.626. The van der Waals surface area contributed by atoms with E-state index in [2.05, 4.69) is 5.32 Å². The first-order valence-electron chi connectivity index (χ1n) is 5.13. The van der Waals surface area contributed by atoms with Crippen LogP contribution < -0.4 is 5.32 Å². The van der Waals surface area contributed by atoms with E-state index in [9.17, 15) is 13.2 Å². The standard InChI is InChI=1S/C11H13NO4S/c1-8-11(10(13)12-8,16-17(2,14)15)9-6-4-3-5-7-9/h3-8H,1-2H3,(H,12,13). The molecule has 0 aromatic heterocycles. The molecule has 1 heterocycles. The normalized spacial score (nSPS) is 28.4. The topological polar surface area (TPSA) is 72.5 Å². The van der Waals surface area contributed by atoms with Gasteiger partial charge in [-0.1, -0.05) is 30.3 Å². The lowest BCUT2D eigenvalue weighted by atomic mass is 9.80. The second-order valence-electron chi connectivity index (χ2n) is 4.08. The van der Waals surface area contributed by atoms with Gasteiger partial charge in [0.15, 0.2) is 0 Å². The molecule has 0 bridgehead atoms.